The van der Waals surface area contributed by atoms with Crippen LogP contribution in [0.25, 0.3) is 0 Å². The number of rotatable bonds is 5. The Kier molecular flexibility index (Phi) is 6.93. The molecule has 1 unspecified atom stereocenters. The number of amides is 1. The third-order valence-corrected chi connectivity index (χ3v) is 4.25. The number of carbonyl (C=O) groups excluding carboxylic acids is 1. The van der Waals surface area contributed by atoms with Gasteiger partial charge in [-0.25, -0.2) is 4.98 Å². The largest absolute Gasteiger partial charge is 0.435 e. The molecule has 1 aromatic heterocycles. The minimum Gasteiger partial charge on any atom is -0.435 e. The zero-order valence-corrected chi connectivity index (χ0v) is 15.1. The van der Waals surface area contributed by atoms with Crippen molar-refractivity contribution >= 4 is 18.3 Å². The number of alkyl halides is 2. The van der Waals surface area contributed by atoms with E-state index in [9.17, 15) is 13.6 Å². The van der Waals surface area contributed by atoms with Crippen molar-refractivity contribution in [3.05, 3.63) is 48.0 Å². The summed E-state index contributed by atoms with van der Waals surface area (Å²) in [4.78, 5) is 18.9. The quantitative estimate of drug-likeness (QED) is 0.855. The minimum absolute atomic E-state index is 0. The molecule has 6 nitrogen and oxygen atoms in total. The van der Waals surface area contributed by atoms with Crippen LogP contribution in [-0.4, -0.2) is 46.6 Å². The van der Waals surface area contributed by atoms with Crippen LogP contribution >= 0.6 is 12.4 Å². The molecule has 1 fully saturated rings. The molecule has 9 heteroatoms. The first-order chi connectivity index (χ1) is 12.1. The van der Waals surface area contributed by atoms with E-state index in [0.717, 1.165) is 5.82 Å². The molecule has 1 saturated heterocycles. The highest BCUT2D eigenvalue weighted by atomic mass is 35.5. The number of piperazine rings is 1. The molecule has 26 heavy (non-hydrogen) atoms. The monoisotopic (exact) mass is 386 g/mol. The molecule has 2 aromatic rings. The summed E-state index contributed by atoms with van der Waals surface area (Å²) in [6.45, 7) is -1.10. The number of benzene rings is 1. The molecule has 0 aliphatic carbocycles. The highest BCUT2D eigenvalue weighted by Crippen LogP contribution is 2.25. The van der Waals surface area contributed by atoms with Crippen molar-refractivity contribution in [2.24, 2.45) is 7.05 Å². The predicted octanol–water partition coefficient (Wildman–Crippen LogP) is 2.16. The Bertz CT molecular complexity index is 741. The van der Waals surface area contributed by atoms with Crippen molar-refractivity contribution in [2.75, 3.05) is 19.6 Å². The fourth-order valence-electron chi connectivity index (χ4n) is 3.06. The summed E-state index contributed by atoms with van der Waals surface area (Å²) in [5, 5.41) is 3.27. The first-order valence-electron chi connectivity index (χ1n) is 8.06. The second-order valence-corrected chi connectivity index (χ2v) is 5.87. The zero-order valence-electron chi connectivity index (χ0n) is 14.3. The van der Waals surface area contributed by atoms with E-state index in [-0.39, 0.29) is 36.5 Å². The summed E-state index contributed by atoms with van der Waals surface area (Å²) in [5.74, 6) is 0.687. The van der Waals surface area contributed by atoms with Crippen molar-refractivity contribution in [1.29, 1.82) is 0 Å². The van der Waals surface area contributed by atoms with Crippen LogP contribution in [0.2, 0.25) is 0 Å². The number of halogens is 3. The zero-order chi connectivity index (χ0) is 17.8. The summed E-state index contributed by atoms with van der Waals surface area (Å²) in [5.41, 5.74) is 0.449. The second-order valence-electron chi connectivity index (χ2n) is 5.87. The highest BCUT2D eigenvalue weighted by molar-refractivity contribution is 5.85. The number of hydrogen-bond donors (Lipinski definition) is 1. The molecule has 1 amide bonds. The molecule has 0 spiro atoms. The first-order valence-corrected chi connectivity index (χ1v) is 8.06. The SMILES string of the molecule is Cl.Cn1ccnc1C1CNCCN1C(=O)Cc1ccccc1OC(F)F. The first kappa shape index (κ1) is 20.1. The lowest BCUT2D eigenvalue weighted by Gasteiger charge is -2.36. The Balaban J connectivity index is 0.00000243. The molecule has 0 saturated carbocycles. The maximum absolute atomic E-state index is 12.8. The van der Waals surface area contributed by atoms with Crippen LogP contribution in [0, 0.1) is 0 Å². The topological polar surface area (TPSA) is 59.4 Å². The van der Waals surface area contributed by atoms with E-state index in [0.29, 0.717) is 25.2 Å². The van der Waals surface area contributed by atoms with Crippen LogP contribution in [-0.2, 0) is 18.3 Å². The minimum atomic E-state index is -2.92. The molecule has 1 aliphatic rings. The molecule has 1 atom stereocenters. The summed E-state index contributed by atoms with van der Waals surface area (Å²) in [6.07, 6.45) is 3.53. The summed E-state index contributed by atoms with van der Waals surface area (Å²) >= 11 is 0. The van der Waals surface area contributed by atoms with Crippen LogP contribution in [0.15, 0.2) is 36.7 Å². The molecule has 142 valence electrons. The number of carbonyl (C=O) groups is 1. The van der Waals surface area contributed by atoms with Gasteiger partial charge in [0.05, 0.1) is 6.42 Å². The van der Waals surface area contributed by atoms with E-state index in [2.05, 4.69) is 15.0 Å². The van der Waals surface area contributed by atoms with Crippen molar-refractivity contribution in [1.82, 2.24) is 19.8 Å². The fraction of sp³-hybridized carbons (Fsp3) is 0.412. The lowest BCUT2D eigenvalue weighted by molar-refractivity contribution is -0.134. The van der Waals surface area contributed by atoms with E-state index in [4.69, 9.17) is 0 Å². The third-order valence-electron chi connectivity index (χ3n) is 4.25. The number of nitrogens with zero attached hydrogens (tertiary/aromatic N) is 3. The number of ether oxygens (including phenoxy) is 1. The van der Waals surface area contributed by atoms with E-state index < -0.39 is 6.61 Å². The van der Waals surface area contributed by atoms with Gasteiger partial charge in [-0.2, -0.15) is 8.78 Å². The van der Waals surface area contributed by atoms with Gasteiger partial charge in [0.15, 0.2) is 0 Å². The van der Waals surface area contributed by atoms with E-state index in [1.165, 1.54) is 6.07 Å². The molecule has 1 N–H and O–H groups in total. The maximum Gasteiger partial charge on any atom is 0.387 e. The van der Waals surface area contributed by atoms with Crippen LogP contribution in [0.1, 0.15) is 17.4 Å². The average Bonchev–Trinajstić information content (AvgIpc) is 3.02. The Morgan fingerprint density at radius 1 is 1.42 bits per heavy atom. The van der Waals surface area contributed by atoms with Gasteiger partial charge >= 0.3 is 6.61 Å². The summed E-state index contributed by atoms with van der Waals surface area (Å²) < 4.78 is 31.5. The number of imidazole rings is 1. The predicted molar refractivity (Wildman–Crippen MR) is 94.6 cm³/mol. The van der Waals surface area contributed by atoms with Crippen LogP contribution in [0.3, 0.4) is 0 Å². The molecule has 2 heterocycles. The maximum atomic E-state index is 12.8. The van der Waals surface area contributed by atoms with Crippen LogP contribution in [0.4, 0.5) is 8.78 Å². The summed E-state index contributed by atoms with van der Waals surface area (Å²) in [6, 6.07) is 6.20. The molecule has 0 radical (unpaired) electrons. The number of nitrogens with one attached hydrogen (secondary N) is 1. The number of aryl methyl sites for hydroxylation is 1. The molecular formula is C17H21ClF2N4O2. The number of aromatic nitrogens is 2. The van der Waals surface area contributed by atoms with Gasteiger partial charge in [0.25, 0.3) is 0 Å². The van der Waals surface area contributed by atoms with Gasteiger partial charge in [-0.3, -0.25) is 4.79 Å². The lowest BCUT2D eigenvalue weighted by Crippen LogP contribution is -2.49. The smallest absolute Gasteiger partial charge is 0.387 e. The Hall–Kier alpha value is -2.19. The Morgan fingerprint density at radius 3 is 2.88 bits per heavy atom. The van der Waals surface area contributed by atoms with Crippen LogP contribution in [0.5, 0.6) is 5.75 Å². The van der Waals surface area contributed by atoms with E-state index in [1.54, 1.807) is 29.3 Å². The lowest BCUT2D eigenvalue weighted by atomic mass is 10.1. The van der Waals surface area contributed by atoms with E-state index >= 15 is 0 Å². The standard InChI is InChI=1S/C17H20F2N4O2.ClH/c1-22-8-7-21-16(22)13-11-20-6-9-23(13)15(24)10-12-4-2-3-5-14(12)25-17(18)19;/h2-5,7-8,13,17,20H,6,9-11H2,1H3;1H. The van der Waals surface area contributed by atoms with Crippen molar-refractivity contribution in [3.63, 3.8) is 0 Å². The molecule has 3 rings (SSSR count). The fourth-order valence-corrected chi connectivity index (χ4v) is 3.06. The van der Waals surface area contributed by atoms with Gasteiger partial charge in [0.1, 0.15) is 17.6 Å². The van der Waals surface area contributed by atoms with Gasteiger partial charge in [-0.15, -0.1) is 12.4 Å². The van der Waals surface area contributed by atoms with Crippen LogP contribution < -0.4 is 10.1 Å². The normalized spacial score (nSPS) is 17.1. The van der Waals surface area contributed by atoms with E-state index in [1.807, 2.05) is 17.8 Å². The Labute approximate surface area is 156 Å². The van der Waals surface area contributed by atoms with Crippen molar-refractivity contribution < 1.29 is 18.3 Å². The Morgan fingerprint density at radius 2 is 2.19 bits per heavy atom. The third kappa shape index (κ3) is 4.50. The molecule has 0 bridgehead atoms. The highest BCUT2D eigenvalue weighted by Gasteiger charge is 2.30. The number of hydrogen-bond acceptors (Lipinski definition) is 4. The van der Waals surface area contributed by atoms with Gasteiger partial charge in [-0.05, 0) is 6.07 Å². The van der Waals surface area contributed by atoms with Gasteiger partial charge in [0.2, 0.25) is 5.91 Å². The summed E-state index contributed by atoms with van der Waals surface area (Å²) in [7, 11) is 1.88. The van der Waals surface area contributed by atoms with Gasteiger partial charge in [0, 0.05) is 44.6 Å². The molecule has 1 aromatic carbocycles. The van der Waals surface area contributed by atoms with Gasteiger partial charge < -0.3 is 19.5 Å². The van der Waals surface area contributed by atoms with Crippen molar-refractivity contribution in [3.8, 4) is 5.75 Å². The van der Waals surface area contributed by atoms with Gasteiger partial charge in [-0.1, -0.05) is 18.2 Å². The molecule has 1 aliphatic heterocycles. The molecular weight excluding hydrogens is 366 g/mol. The van der Waals surface area contributed by atoms with Crippen molar-refractivity contribution in [2.45, 2.75) is 19.1 Å². The second kappa shape index (κ2) is 8.95. The average molecular weight is 387 g/mol. The number of para-hydroxylation sites is 1.